The van der Waals surface area contributed by atoms with Crippen LogP contribution >= 0.6 is 11.6 Å². The molecule has 0 saturated carbocycles. The van der Waals surface area contributed by atoms with Gasteiger partial charge in [0.2, 0.25) is 0 Å². The number of hydrogen-bond donors (Lipinski definition) is 1. The second-order valence-corrected chi connectivity index (χ2v) is 4.63. The van der Waals surface area contributed by atoms with Gasteiger partial charge in [0.1, 0.15) is 6.33 Å². The van der Waals surface area contributed by atoms with Crippen molar-refractivity contribution in [3.05, 3.63) is 11.5 Å². The van der Waals surface area contributed by atoms with Crippen molar-refractivity contribution >= 4 is 17.4 Å². The Morgan fingerprint density at radius 1 is 1.33 bits per heavy atom. The molecule has 0 unspecified atom stereocenters. The lowest BCUT2D eigenvalue weighted by atomic mass is 10.1. The number of halogens is 1. The minimum atomic E-state index is 0.302. The molecule has 0 fully saturated rings. The molecular formula is C12H20ClN3O2. The molecule has 1 rings (SSSR count). The Morgan fingerprint density at radius 3 is 2.78 bits per heavy atom. The minimum Gasteiger partial charge on any atom is -0.490 e. The Bertz CT molecular complexity index is 361. The van der Waals surface area contributed by atoms with Gasteiger partial charge >= 0.3 is 0 Å². The normalized spacial score (nSPS) is 10.7. The molecule has 0 radical (unpaired) electrons. The molecule has 0 spiro atoms. The fourth-order valence-electron chi connectivity index (χ4n) is 1.32. The molecule has 0 bridgehead atoms. The number of aromatic nitrogens is 2. The van der Waals surface area contributed by atoms with E-state index in [-0.39, 0.29) is 0 Å². The van der Waals surface area contributed by atoms with Crippen LogP contribution in [0, 0.1) is 5.92 Å². The van der Waals surface area contributed by atoms with Crippen molar-refractivity contribution in [3.63, 3.8) is 0 Å². The first-order valence-corrected chi connectivity index (χ1v) is 6.39. The molecule has 0 aliphatic carbocycles. The van der Waals surface area contributed by atoms with Crippen LogP contribution in [0.5, 0.6) is 5.75 Å². The van der Waals surface area contributed by atoms with Gasteiger partial charge in [-0.05, 0) is 12.3 Å². The number of ether oxygens (including phenoxy) is 2. The minimum absolute atomic E-state index is 0.302. The topological polar surface area (TPSA) is 56.3 Å². The van der Waals surface area contributed by atoms with Gasteiger partial charge in [0, 0.05) is 13.2 Å². The van der Waals surface area contributed by atoms with E-state index in [0.29, 0.717) is 35.8 Å². The predicted molar refractivity (Wildman–Crippen MR) is 72.4 cm³/mol. The van der Waals surface area contributed by atoms with Gasteiger partial charge in [-0.1, -0.05) is 25.4 Å². The number of nitrogens with one attached hydrogen (secondary N) is 1. The fourth-order valence-corrected chi connectivity index (χ4v) is 1.53. The van der Waals surface area contributed by atoms with E-state index >= 15 is 0 Å². The summed E-state index contributed by atoms with van der Waals surface area (Å²) in [6.07, 6.45) is 2.47. The summed E-state index contributed by atoms with van der Waals surface area (Å²) in [4.78, 5) is 7.91. The molecule has 1 heterocycles. The molecule has 1 N–H and O–H groups in total. The van der Waals surface area contributed by atoms with Crippen LogP contribution in [-0.2, 0) is 4.74 Å². The maximum Gasteiger partial charge on any atom is 0.198 e. The standard InChI is InChI=1S/C12H20ClN3O2/c1-9(2)4-6-18-7-5-14-12-10(17-3)11(13)15-8-16-12/h8-9H,4-7H2,1-3H3,(H,14,15,16). The third kappa shape index (κ3) is 5.06. The van der Waals surface area contributed by atoms with Crippen LogP contribution in [0.2, 0.25) is 5.15 Å². The number of nitrogens with zero attached hydrogens (tertiary/aromatic N) is 2. The number of rotatable bonds is 8. The van der Waals surface area contributed by atoms with Crippen molar-refractivity contribution in [1.29, 1.82) is 0 Å². The van der Waals surface area contributed by atoms with E-state index in [4.69, 9.17) is 21.1 Å². The van der Waals surface area contributed by atoms with Gasteiger partial charge in [0.05, 0.1) is 13.7 Å². The van der Waals surface area contributed by atoms with E-state index in [9.17, 15) is 0 Å². The van der Waals surface area contributed by atoms with Crippen LogP contribution in [-0.4, -0.2) is 36.8 Å². The second-order valence-electron chi connectivity index (χ2n) is 4.27. The molecule has 0 saturated heterocycles. The van der Waals surface area contributed by atoms with Crippen LogP contribution < -0.4 is 10.1 Å². The smallest absolute Gasteiger partial charge is 0.198 e. The first-order chi connectivity index (χ1) is 8.65. The molecule has 0 amide bonds. The lowest BCUT2D eigenvalue weighted by molar-refractivity contribution is 0.132. The van der Waals surface area contributed by atoms with Gasteiger partial charge in [-0.3, -0.25) is 0 Å². The van der Waals surface area contributed by atoms with Crippen molar-refractivity contribution in [2.75, 3.05) is 32.2 Å². The summed E-state index contributed by atoms with van der Waals surface area (Å²) in [6.45, 7) is 6.41. The third-order valence-corrected chi connectivity index (χ3v) is 2.61. The van der Waals surface area contributed by atoms with E-state index < -0.39 is 0 Å². The average Bonchev–Trinajstić information content (AvgIpc) is 2.33. The van der Waals surface area contributed by atoms with Gasteiger partial charge in [0.15, 0.2) is 16.7 Å². The Hall–Kier alpha value is -1.07. The number of anilines is 1. The highest BCUT2D eigenvalue weighted by Gasteiger charge is 2.09. The van der Waals surface area contributed by atoms with Gasteiger partial charge in [-0.25, -0.2) is 9.97 Å². The van der Waals surface area contributed by atoms with Crippen LogP contribution in [0.4, 0.5) is 5.82 Å². The maximum absolute atomic E-state index is 5.88. The highest BCUT2D eigenvalue weighted by Crippen LogP contribution is 2.27. The van der Waals surface area contributed by atoms with Crippen molar-refractivity contribution in [3.8, 4) is 5.75 Å². The average molecular weight is 274 g/mol. The zero-order valence-electron chi connectivity index (χ0n) is 11.1. The highest BCUT2D eigenvalue weighted by atomic mass is 35.5. The zero-order valence-corrected chi connectivity index (χ0v) is 11.8. The molecule has 102 valence electrons. The summed E-state index contributed by atoms with van der Waals surface area (Å²) >= 11 is 5.88. The summed E-state index contributed by atoms with van der Waals surface area (Å²) in [6, 6.07) is 0. The molecule has 0 aromatic carbocycles. The monoisotopic (exact) mass is 273 g/mol. The first kappa shape index (κ1) is 15.0. The Balaban J connectivity index is 2.29. The molecule has 0 aliphatic rings. The van der Waals surface area contributed by atoms with Crippen LogP contribution in [0.3, 0.4) is 0 Å². The molecule has 1 aromatic rings. The van der Waals surface area contributed by atoms with Crippen molar-refractivity contribution in [2.45, 2.75) is 20.3 Å². The maximum atomic E-state index is 5.88. The van der Waals surface area contributed by atoms with Gasteiger partial charge in [-0.2, -0.15) is 0 Å². The van der Waals surface area contributed by atoms with E-state index in [1.807, 2.05) is 0 Å². The third-order valence-electron chi connectivity index (χ3n) is 2.34. The molecule has 1 aromatic heterocycles. The van der Waals surface area contributed by atoms with Crippen LogP contribution in [0.1, 0.15) is 20.3 Å². The van der Waals surface area contributed by atoms with Gasteiger partial charge < -0.3 is 14.8 Å². The quantitative estimate of drug-likeness (QED) is 0.583. The number of hydrogen-bond acceptors (Lipinski definition) is 5. The summed E-state index contributed by atoms with van der Waals surface area (Å²) in [7, 11) is 1.54. The summed E-state index contributed by atoms with van der Waals surface area (Å²) in [5.74, 6) is 1.71. The summed E-state index contributed by atoms with van der Waals surface area (Å²) < 4.78 is 10.6. The van der Waals surface area contributed by atoms with Crippen LogP contribution in [0.15, 0.2) is 6.33 Å². The molecule has 6 heteroatoms. The van der Waals surface area contributed by atoms with Gasteiger partial charge in [-0.15, -0.1) is 0 Å². The lowest BCUT2D eigenvalue weighted by Gasteiger charge is -2.11. The zero-order chi connectivity index (χ0) is 13.4. The second kappa shape index (κ2) is 8.11. The first-order valence-electron chi connectivity index (χ1n) is 6.01. The summed E-state index contributed by atoms with van der Waals surface area (Å²) in [5, 5.41) is 3.41. The Morgan fingerprint density at radius 2 is 2.11 bits per heavy atom. The largest absolute Gasteiger partial charge is 0.490 e. The highest BCUT2D eigenvalue weighted by molar-refractivity contribution is 6.31. The van der Waals surface area contributed by atoms with E-state index in [1.54, 1.807) is 0 Å². The Labute approximate surface area is 113 Å². The van der Waals surface area contributed by atoms with Crippen LogP contribution in [0.25, 0.3) is 0 Å². The molecule has 0 aliphatic heterocycles. The number of methoxy groups -OCH3 is 1. The van der Waals surface area contributed by atoms with E-state index in [2.05, 4.69) is 29.1 Å². The SMILES string of the molecule is COc1c(Cl)ncnc1NCCOCCC(C)C. The van der Waals surface area contributed by atoms with E-state index in [1.165, 1.54) is 13.4 Å². The molecule has 5 nitrogen and oxygen atoms in total. The van der Waals surface area contributed by atoms with Crippen molar-refractivity contribution in [1.82, 2.24) is 9.97 Å². The molecule has 18 heavy (non-hydrogen) atoms. The fraction of sp³-hybridized carbons (Fsp3) is 0.667. The molecule has 0 atom stereocenters. The lowest BCUT2D eigenvalue weighted by Crippen LogP contribution is -2.12. The summed E-state index contributed by atoms with van der Waals surface area (Å²) in [5.41, 5.74) is 0. The van der Waals surface area contributed by atoms with Crippen molar-refractivity contribution in [2.24, 2.45) is 5.92 Å². The Kier molecular flexibility index (Phi) is 6.75. The predicted octanol–water partition coefficient (Wildman–Crippen LogP) is 2.61. The van der Waals surface area contributed by atoms with E-state index in [0.717, 1.165) is 13.0 Å². The molecular weight excluding hydrogens is 254 g/mol. The van der Waals surface area contributed by atoms with Gasteiger partial charge in [0.25, 0.3) is 0 Å². The van der Waals surface area contributed by atoms with Crippen molar-refractivity contribution < 1.29 is 9.47 Å².